The van der Waals surface area contributed by atoms with Gasteiger partial charge in [0.15, 0.2) is 0 Å². The van der Waals surface area contributed by atoms with Gasteiger partial charge in [-0.05, 0) is 54.2 Å². The van der Waals surface area contributed by atoms with E-state index in [1.165, 1.54) is 11.1 Å². The average molecular weight is 463 g/mol. The first kappa shape index (κ1) is 22.9. The summed E-state index contributed by atoms with van der Waals surface area (Å²) in [4.78, 5) is 30.6. The van der Waals surface area contributed by atoms with Crippen molar-refractivity contribution >= 4 is 17.5 Å². The number of aliphatic hydroxyl groups excluding tert-OH is 1. The number of aliphatic hydroxyl groups is 1. The van der Waals surface area contributed by atoms with Gasteiger partial charge in [0.05, 0.1) is 6.10 Å². The normalized spacial score (nSPS) is 21.2. The number of hydrogen-bond acceptors (Lipinski definition) is 5. The number of likely N-dealkylation sites (tertiary alicyclic amines) is 1. The van der Waals surface area contributed by atoms with Crippen molar-refractivity contribution in [3.63, 3.8) is 0 Å². The zero-order valence-corrected chi connectivity index (χ0v) is 19.9. The number of carbonyl (C=O) groups excluding carboxylic acids is 2. The van der Waals surface area contributed by atoms with E-state index in [0.29, 0.717) is 19.6 Å². The average Bonchev–Trinajstić information content (AvgIpc) is 3.30. The van der Waals surface area contributed by atoms with E-state index in [4.69, 9.17) is 0 Å². The zero-order valence-electron chi connectivity index (χ0n) is 19.9. The molecule has 0 spiro atoms. The van der Waals surface area contributed by atoms with E-state index in [1.54, 1.807) is 11.8 Å². The summed E-state index contributed by atoms with van der Waals surface area (Å²) < 4.78 is 0. The second kappa shape index (κ2) is 9.76. The van der Waals surface area contributed by atoms with Crippen molar-refractivity contribution in [1.29, 1.82) is 0 Å². The van der Waals surface area contributed by atoms with Crippen LogP contribution in [0.2, 0.25) is 0 Å². The molecule has 0 aliphatic carbocycles. The lowest BCUT2D eigenvalue weighted by molar-refractivity contribution is -0.127. The van der Waals surface area contributed by atoms with E-state index in [9.17, 15) is 14.7 Å². The molecule has 2 N–H and O–H groups in total. The third-order valence-corrected chi connectivity index (χ3v) is 7.39. The van der Waals surface area contributed by atoms with Crippen molar-refractivity contribution in [2.24, 2.45) is 0 Å². The van der Waals surface area contributed by atoms with E-state index in [-0.39, 0.29) is 17.9 Å². The van der Waals surface area contributed by atoms with Crippen LogP contribution < -0.4 is 5.32 Å². The molecule has 3 heterocycles. The SMILES string of the molecule is CC(=O)N1CCC(Nc2ccc3c(c2)CCN(CC(O)CN2CCc4ccccc4C2)C3=O)C1. The molecular formula is C27H34N4O3. The molecule has 2 aromatic rings. The maximum absolute atomic E-state index is 13.1. The topological polar surface area (TPSA) is 76.1 Å². The summed E-state index contributed by atoms with van der Waals surface area (Å²) in [6.07, 6.45) is 2.15. The number of nitrogens with one attached hydrogen (secondary N) is 1. The van der Waals surface area contributed by atoms with Crippen molar-refractivity contribution in [3.05, 3.63) is 64.7 Å². The minimum atomic E-state index is -0.566. The highest BCUT2D eigenvalue weighted by Crippen LogP contribution is 2.25. The number of amides is 2. The standard InChI is InChI=1S/C27H34N4O3/c1-19(32)30-13-10-24(16-30)28-23-6-7-26-21(14-23)9-12-31(27(26)34)18-25(33)17-29-11-8-20-4-2-3-5-22(20)15-29/h2-7,14,24-25,28,33H,8-13,15-18H2,1H3. The smallest absolute Gasteiger partial charge is 0.254 e. The Morgan fingerprint density at radius 1 is 1.06 bits per heavy atom. The minimum absolute atomic E-state index is 0.000499. The zero-order chi connectivity index (χ0) is 23.7. The Morgan fingerprint density at radius 2 is 1.85 bits per heavy atom. The van der Waals surface area contributed by atoms with Gasteiger partial charge in [-0.15, -0.1) is 0 Å². The lowest BCUT2D eigenvalue weighted by atomic mass is 9.97. The maximum Gasteiger partial charge on any atom is 0.254 e. The summed E-state index contributed by atoms with van der Waals surface area (Å²) in [5, 5.41) is 14.3. The lowest BCUT2D eigenvalue weighted by Crippen LogP contribution is -2.46. The molecule has 180 valence electrons. The predicted octanol–water partition coefficient (Wildman–Crippen LogP) is 2.14. The second-order valence-electron chi connectivity index (χ2n) is 9.88. The Kier molecular flexibility index (Phi) is 6.57. The van der Waals surface area contributed by atoms with Crippen LogP contribution in [0.4, 0.5) is 5.69 Å². The van der Waals surface area contributed by atoms with Gasteiger partial charge in [0, 0.05) is 70.0 Å². The van der Waals surface area contributed by atoms with Crippen LogP contribution in [0.5, 0.6) is 0 Å². The quantitative estimate of drug-likeness (QED) is 0.688. The number of carbonyl (C=O) groups is 2. The van der Waals surface area contributed by atoms with Gasteiger partial charge in [0.2, 0.25) is 5.91 Å². The van der Waals surface area contributed by atoms with Crippen molar-refractivity contribution in [1.82, 2.24) is 14.7 Å². The summed E-state index contributed by atoms with van der Waals surface area (Å²) in [6, 6.07) is 14.7. The van der Waals surface area contributed by atoms with Crippen LogP contribution in [0, 0.1) is 0 Å². The van der Waals surface area contributed by atoms with Crippen LogP contribution in [0.1, 0.15) is 40.4 Å². The summed E-state index contributed by atoms with van der Waals surface area (Å²) in [7, 11) is 0. The van der Waals surface area contributed by atoms with Crippen molar-refractivity contribution in [2.45, 2.75) is 44.9 Å². The van der Waals surface area contributed by atoms with Crippen LogP contribution in [0.25, 0.3) is 0 Å². The molecule has 0 bridgehead atoms. The molecular weight excluding hydrogens is 428 g/mol. The first-order valence-electron chi connectivity index (χ1n) is 12.4. The number of rotatable bonds is 6. The molecule has 2 unspecified atom stereocenters. The first-order chi connectivity index (χ1) is 16.5. The molecule has 3 aliphatic heterocycles. The minimum Gasteiger partial charge on any atom is -0.390 e. The number of anilines is 1. The molecule has 2 atom stereocenters. The van der Waals surface area contributed by atoms with E-state index in [2.05, 4.69) is 40.5 Å². The number of β-amino-alcohol motifs (C(OH)–C–C–N with tert-alkyl or cyclic N) is 1. The molecule has 34 heavy (non-hydrogen) atoms. The van der Waals surface area contributed by atoms with Crippen LogP contribution >= 0.6 is 0 Å². The van der Waals surface area contributed by atoms with Gasteiger partial charge in [-0.25, -0.2) is 0 Å². The number of benzene rings is 2. The van der Waals surface area contributed by atoms with Crippen LogP contribution in [-0.2, 0) is 24.2 Å². The molecule has 1 saturated heterocycles. The Balaban J connectivity index is 1.15. The summed E-state index contributed by atoms with van der Waals surface area (Å²) >= 11 is 0. The molecule has 0 radical (unpaired) electrons. The lowest BCUT2D eigenvalue weighted by Gasteiger charge is -2.34. The van der Waals surface area contributed by atoms with Gasteiger partial charge in [-0.1, -0.05) is 24.3 Å². The second-order valence-corrected chi connectivity index (χ2v) is 9.88. The molecule has 0 aromatic heterocycles. The van der Waals surface area contributed by atoms with Crippen LogP contribution in [0.3, 0.4) is 0 Å². The fourth-order valence-electron chi connectivity index (χ4n) is 5.52. The van der Waals surface area contributed by atoms with Crippen molar-refractivity contribution in [3.8, 4) is 0 Å². The maximum atomic E-state index is 13.1. The third kappa shape index (κ3) is 4.95. The number of nitrogens with zero attached hydrogens (tertiary/aromatic N) is 3. The van der Waals surface area contributed by atoms with Crippen LogP contribution in [-0.4, -0.2) is 83.0 Å². The van der Waals surface area contributed by atoms with Gasteiger partial charge in [0.25, 0.3) is 5.91 Å². The fourth-order valence-corrected chi connectivity index (χ4v) is 5.52. The number of hydrogen-bond donors (Lipinski definition) is 2. The molecule has 3 aliphatic rings. The van der Waals surface area contributed by atoms with Gasteiger partial charge in [0.1, 0.15) is 0 Å². The highest BCUT2D eigenvalue weighted by atomic mass is 16.3. The molecule has 2 amide bonds. The van der Waals surface area contributed by atoms with Crippen LogP contribution in [0.15, 0.2) is 42.5 Å². The molecule has 0 saturated carbocycles. The third-order valence-electron chi connectivity index (χ3n) is 7.39. The highest BCUT2D eigenvalue weighted by molar-refractivity contribution is 5.97. The molecule has 1 fully saturated rings. The monoisotopic (exact) mass is 462 g/mol. The summed E-state index contributed by atoms with van der Waals surface area (Å²) in [6.45, 7) is 6.47. The number of fused-ring (bicyclic) bond motifs is 2. The van der Waals surface area contributed by atoms with E-state index in [0.717, 1.165) is 62.3 Å². The van der Waals surface area contributed by atoms with Crippen molar-refractivity contribution in [2.75, 3.05) is 44.6 Å². The highest BCUT2D eigenvalue weighted by Gasteiger charge is 2.28. The molecule has 7 heteroatoms. The summed E-state index contributed by atoms with van der Waals surface area (Å²) in [5.74, 6) is 0.118. The Hall–Kier alpha value is -2.90. The van der Waals surface area contributed by atoms with E-state index in [1.807, 2.05) is 17.0 Å². The fraction of sp³-hybridized carbons (Fsp3) is 0.481. The predicted molar refractivity (Wildman–Crippen MR) is 132 cm³/mol. The first-order valence-corrected chi connectivity index (χ1v) is 12.4. The van der Waals surface area contributed by atoms with E-state index >= 15 is 0 Å². The molecule has 5 rings (SSSR count). The molecule has 7 nitrogen and oxygen atoms in total. The Bertz CT molecular complexity index is 1070. The van der Waals surface area contributed by atoms with Gasteiger partial charge < -0.3 is 20.2 Å². The van der Waals surface area contributed by atoms with Gasteiger partial charge in [-0.3, -0.25) is 14.5 Å². The largest absolute Gasteiger partial charge is 0.390 e. The Morgan fingerprint density at radius 3 is 2.65 bits per heavy atom. The molecule has 2 aromatic carbocycles. The Labute approximate surface area is 201 Å². The summed E-state index contributed by atoms with van der Waals surface area (Å²) in [5.41, 5.74) is 5.51. The van der Waals surface area contributed by atoms with E-state index < -0.39 is 6.10 Å². The van der Waals surface area contributed by atoms with Crippen molar-refractivity contribution < 1.29 is 14.7 Å². The van der Waals surface area contributed by atoms with Gasteiger partial charge in [-0.2, -0.15) is 0 Å². The van der Waals surface area contributed by atoms with Gasteiger partial charge >= 0.3 is 0 Å².